The Balaban J connectivity index is 1.38. The zero-order valence-electron chi connectivity index (χ0n) is 15.1. The molecule has 2 unspecified atom stereocenters. The van der Waals surface area contributed by atoms with E-state index in [1.807, 2.05) is 0 Å². The lowest BCUT2D eigenvalue weighted by Crippen LogP contribution is -2.42. The maximum absolute atomic E-state index is 13.8. The molecule has 0 bridgehead atoms. The number of carbonyl (C=O) groups is 1. The van der Waals surface area contributed by atoms with E-state index in [4.69, 9.17) is 0 Å². The monoisotopic (exact) mass is 431 g/mol. The molecule has 1 heterocycles. The van der Waals surface area contributed by atoms with Crippen molar-refractivity contribution in [1.82, 2.24) is 4.90 Å². The van der Waals surface area contributed by atoms with E-state index in [1.165, 1.54) is 17.2 Å². The van der Waals surface area contributed by atoms with Gasteiger partial charge in [-0.15, -0.1) is 0 Å². The molecule has 27 heavy (non-hydrogen) atoms. The molecule has 1 aliphatic heterocycles. The summed E-state index contributed by atoms with van der Waals surface area (Å²) in [5.74, 6) is -0.170. The lowest BCUT2D eigenvalue weighted by Gasteiger charge is -2.32. The first-order chi connectivity index (χ1) is 13.0. The Hall–Kier alpha value is -1.72. The van der Waals surface area contributed by atoms with Crippen LogP contribution in [0.4, 0.5) is 4.39 Å². The number of amides is 1. The van der Waals surface area contributed by atoms with Gasteiger partial charge >= 0.3 is 0 Å². The van der Waals surface area contributed by atoms with Gasteiger partial charge in [0.25, 0.3) is 5.91 Å². The molecule has 0 aromatic heterocycles. The van der Waals surface area contributed by atoms with Gasteiger partial charge in [0.1, 0.15) is 5.82 Å². The minimum atomic E-state index is -0.550. The Morgan fingerprint density at radius 3 is 2.78 bits per heavy atom. The second-order valence-electron chi connectivity index (χ2n) is 7.69. The van der Waals surface area contributed by atoms with Crippen LogP contribution in [-0.2, 0) is 19.3 Å². The van der Waals surface area contributed by atoms with Crippen molar-refractivity contribution in [2.24, 2.45) is 5.92 Å². The number of aryl methyl sites for hydroxylation is 1. The largest absolute Gasteiger partial charge is 0.391 e. The van der Waals surface area contributed by atoms with Crippen LogP contribution in [0.3, 0.4) is 0 Å². The highest BCUT2D eigenvalue weighted by atomic mass is 79.9. The van der Waals surface area contributed by atoms with Crippen LogP contribution < -0.4 is 0 Å². The van der Waals surface area contributed by atoms with Crippen molar-refractivity contribution >= 4 is 21.8 Å². The van der Waals surface area contributed by atoms with Crippen LogP contribution in [0.2, 0.25) is 0 Å². The van der Waals surface area contributed by atoms with E-state index in [-0.39, 0.29) is 5.91 Å². The minimum absolute atomic E-state index is 0.185. The fourth-order valence-corrected chi connectivity index (χ4v) is 4.77. The molecule has 2 aliphatic rings. The third-order valence-corrected chi connectivity index (χ3v) is 6.41. The Kier molecular flexibility index (Phi) is 5.33. The molecule has 2 atom stereocenters. The summed E-state index contributed by atoms with van der Waals surface area (Å²) in [6.45, 7) is 0.878. The van der Waals surface area contributed by atoms with Gasteiger partial charge < -0.3 is 10.0 Å². The highest BCUT2D eigenvalue weighted by Crippen LogP contribution is 2.29. The molecule has 0 saturated heterocycles. The molecule has 3 nitrogen and oxygen atoms in total. The summed E-state index contributed by atoms with van der Waals surface area (Å²) < 4.78 is 14.2. The predicted molar refractivity (Wildman–Crippen MR) is 106 cm³/mol. The molecular formula is C22H23BrFNO2. The highest BCUT2D eigenvalue weighted by molar-refractivity contribution is 9.10. The topological polar surface area (TPSA) is 40.5 Å². The quantitative estimate of drug-likeness (QED) is 0.789. The van der Waals surface area contributed by atoms with Crippen molar-refractivity contribution in [3.63, 3.8) is 0 Å². The molecule has 0 saturated carbocycles. The van der Waals surface area contributed by atoms with Crippen molar-refractivity contribution < 1.29 is 14.3 Å². The van der Waals surface area contributed by atoms with Crippen LogP contribution in [0.15, 0.2) is 40.9 Å². The first kappa shape index (κ1) is 18.6. The van der Waals surface area contributed by atoms with Crippen molar-refractivity contribution in [2.75, 3.05) is 13.1 Å². The fourth-order valence-electron chi connectivity index (χ4n) is 4.38. The summed E-state index contributed by atoms with van der Waals surface area (Å²) in [6.07, 6.45) is 3.94. The molecule has 2 aromatic rings. The number of fused-ring (bicyclic) bond motifs is 2. The van der Waals surface area contributed by atoms with Crippen molar-refractivity contribution in [1.29, 1.82) is 0 Å². The number of aliphatic hydroxyl groups is 1. The van der Waals surface area contributed by atoms with Crippen molar-refractivity contribution in [2.45, 2.75) is 38.2 Å². The number of rotatable bonds is 4. The molecule has 4 rings (SSSR count). The van der Waals surface area contributed by atoms with Crippen molar-refractivity contribution in [3.8, 4) is 0 Å². The second-order valence-corrected chi connectivity index (χ2v) is 8.55. The fraction of sp³-hybridized carbons (Fsp3) is 0.409. The predicted octanol–water partition coefficient (Wildman–Crippen LogP) is 4.14. The molecule has 1 aliphatic carbocycles. The minimum Gasteiger partial charge on any atom is -0.391 e. The van der Waals surface area contributed by atoms with E-state index in [0.717, 1.165) is 24.8 Å². The van der Waals surface area contributed by atoms with Gasteiger partial charge in [0, 0.05) is 18.7 Å². The number of β-amino-alcohol motifs (C(OH)–C–C–N with tert-alkyl or cyclic N) is 1. The molecule has 0 radical (unpaired) electrons. The first-order valence-corrected chi connectivity index (χ1v) is 10.3. The smallest absolute Gasteiger partial charge is 0.254 e. The average Bonchev–Trinajstić information content (AvgIpc) is 2.66. The summed E-state index contributed by atoms with van der Waals surface area (Å²) in [4.78, 5) is 14.4. The summed E-state index contributed by atoms with van der Waals surface area (Å²) in [5, 5.41) is 10.6. The Labute approximate surface area is 167 Å². The summed E-state index contributed by atoms with van der Waals surface area (Å²) in [6, 6.07) is 11.5. The van der Waals surface area contributed by atoms with Crippen molar-refractivity contribution in [3.05, 3.63) is 68.9 Å². The van der Waals surface area contributed by atoms with E-state index in [0.29, 0.717) is 41.9 Å². The SMILES string of the molecule is O=C1c2cc(F)c(Br)cc2CCN1CC(O)CC1CCc2ccccc2C1. The lowest BCUT2D eigenvalue weighted by molar-refractivity contribution is 0.0550. The molecule has 1 N–H and O–H groups in total. The first-order valence-electron chi connectivity index (χ1n) is 9.53. The van der Waals surface area contributed by atoms with E-state index in [2.05, 4.69) is 40.2 Å². The van der Waals surface area contributed by atoms with Gasteiger partial charge in [-0.05, 0) is 82.8 Å². The van der Waals surface area contributed by atoms with Crippen LogP contribution in [0, 0.1) is 11.7 Å². The molecule has 1 amide bonds. The van der Waals surface area contributed by atoms with E-state index < -0.39 is 11.9 Å². The normalized spacial score (nSPS) is 20.2. The number of hydrogen-bond acceptors (Lipinski definition) is 2. The van der Waals surface area contributed by atoms with Crippen LogP contribution in [-0.4, -0.2) is 35.1 Å². The number of nitrogens with zero attached hydrogens (tertiary/aromatic N) is 1. The zero-order valence-corrected chi connectivity index (χ0v) is 16.7. The number of aliphatic hydroxyl groups excluding tert-OH is 1. The van der Waals surface area contributed by atoms with E-state index in [1.54, 1.807) is 11.0 Å². The van der Waals surface area contributed by atoms with Crippen LogP contribution in [0.1, 0.15) is 39.9 Å². The van der Waals surface area contributed by atoms with E-state index >= 15 is 0 Å². The average molecular weight is 432 g/mol. The third-order valence-electron chi connectivity index (χ3n) is 5.80. The molecule has 142 valence electrons. The van der Waals surface area contributed by atoms with Crippen LogP contribution in [0.5, 0.6) is 0 Å². The number of carbonyl (C=O) groups excluding carboxylic acids is 1. The number of benzene rings is 2. The molecular weight excluding hydrogens is 409 g/mol. The van der Waals surface area contributed by atoms with Crippen LogP contribution >= 0.6 is 15.9 Å². The summed E-state index contributed by atoms with van der Waals surface area (Å²) >= 11 is 3.18. The Morgan fingerprint density at radius 1 is 1.19 bits per heavy atom. The maximum Gasteiger partial charge on any atom is 0.254 e. The Bertz CT molecular complexity index is 869. The number of hydrogen-bond donors (Lipinski definition) is 1. The molecule has 5 heteroatoms. The van der Waals surface area contributed by atoms with Gasteiger partial charge in [-0.3, -0.25) is 4.79 Å². The maximum atomic E-state index is 13.8. The summed E-state index contributed by atoms with van der Waals surface area (Å²) in [7, 11) is 0. The van der Waals surface area contributed by atoms with Gasteiger partial charge in [0.2, 0.25) is 0 Å². The second kappa shape index (κ2) is 7.72. The van der Waals surface area contributed by atoms with E-state index in [9.17, 15) is 14.3 Å². The van der Waals surface area contributed by atoms with Crippen LogP contribution in [0.25, 0.3) is 0 Å². The lowest BCUT2D eigenvalue weighted by atomic mass is 9.81. The molecule has 2 aromatic carbocycles. The van der Waals surface area contributed by atoms with Gasteiger partial charge in [-0.2, -0.15) is 0 Å². The Morgan fingerprint density at radius 2 is 1.96 bits per heavy atom. The summed E-state index contributed by atoms with van der Waals surface area (Å²) in [5.41, 5.74) is 4.08. The molecule has 0 fully saturated rings. The van der Waals surface area contributed by atoms with Gasteiger partial charge in [-0.25, -0.2) is 4.39 Å². The van der Waals surface area contributed by atoms with Gasteiger partial charge in [0.05, 0.1) is 10.6 Å². The number of halogens is 2. The standard InChI is InChI=1S/C22H23BrFNO2/c23-20-11-17-7-8-25(22(27)19(17)12-21(20)24)13-18(26)10-14-5-6-15-3-1-2-4-16(15)9-14/h1-4,11-12,14,18,26H,5-10,13H2. The third kappa shape index (κ3) is 3.94. The molecule has 0 spiro atoms. The van der Waals surface area contributed by atoms with Gasteiger partial charge in [-0.1, -0.05) is 24.3 Å². The van der Waals surface area contributed by atoms with Gasteiger partial charge in [0.15, 0.2) is 0 Å². The zero-order chi connectivity index (χ0) is 19.0. The highest BCUT2D eigenvalue weighted by Gasteiger charge is 2.28.